The molecule has 10 heteroatoms. The molecule has 0 fully saturated rings. The van der Waals surface area contributed by atoms with Crippen LogP contribution in [0.15, 0.2) is 35.6 Å². The first-order valence-corrected chi connectivity index (χ1v) is 12.5. The highest BCUT2D eigenvalue weighted by Crippen LogP contribution is 2.26. The van der Waals surface area contributed by atoms with Crippen molar-refractivity contribution in [2.75, 3.05) is 20.3 Å². The quantitative estimate of drug-likeness (QED) is 0.189. The summed E-state index contributed by atoms with van der Waals surface area (Å²) in [5.74, 6) is -1.41. The van der Waals surface area contributed by atoms with Crippen molar-refractivity contribution in [1.29, 1.82) is 0 Å². The first kappa shape index (κ1) is 30.4. The minimum absolute atomic E-state index is 0.0719. The number of methoxy groups -OCH3 is 1. The van der Waals surface area contributed by atoms with Crippen LogP contribution >= 0.6 is 0 Å². The van der Waals surface area contributed by atoms with Crippen LogP contribution < -0.4 is 5.32 Å². The number of benzene rings is 1. The second-order valence-corrected chi connectivity index (χ2v) is 10.6. The van der Waals surface area contributed by atoms with Crippen molar-refractivity contribution in [3.8, 4) is 0 Å². The van der Waals surface area contributed by atoms with Crippen molar-refractivity contribution < 1.29 is 34.5 Å². The number of para-hydroxylation sites is 1. The highest BCUT2D eigenvalue weighted by molar-refractivity contribution is 5.93. The summed E-state index contributed by atoms with van der Waals surface area (Å²) in [6.07, 6.45) is -1.12. The number of carbonyl (C=O) groups is 2. The number of fused-ring (bicyclic) bond motifs is 1. The molecule has 0 aliphatic rings. The molecule has 1 aromatic heterocycles. The summed E-state index contributed by atoms with van der Waals surface area (Å²) in [6.45, 7) is 8.11. The Morgan fingerprint density at radius 3 is 2.43 bits per heavy atom. The van der Waals surface area contributed by atoms with Gasteiger partial charge in [-0.05, 0) is 37.3 Å². The normalized spacial score (nSPS) is 16.6. The number of H-pyrrole nitrogens is 1. The van der Waals surface area contributed by atoms with Crippen molar-refractivity contribution in [1.82, 2.24) is 10.3 Å². The van der Waals surface area contributed by atoms with Crippen LogP contribution in [0.25, 0.3) is 10.9 Å². The van der Waals surface area contributed by atoms with Crippen LogP contribution in [0.4, 0.5) is 0 Å². The molecule has 5 atom stereocenters. The molecule has 0 saturated carbocycles. The van der Waals surface area contributed by atoms with E-state index >= 15 is 0 Å². The number of amides is 1. The van der Waals surface area contributed by atoms with Crippen molar-refractivity contribution in [3.05, 3.63) is 36.0 Å². The van der Waals surface area contributed by atoms with Gasteiger partial charge in [-0.1, -0.05) is 44.1 Å². The van der Waals surface area contributed by atoms with E-state index in [2.05, 4.69) is 15.5 Å². The molecule has 2 rings (SSSR count). The number of ketones is 1. The summed E-state index contributed by atoms with van der Waals surface area (Å²) in [4.78, 5) is 34.3. The molecule has 1 unspecified atom stereocenters. The summed E-state index contributed by atoms with van der Waals surface area (Å²) in [5, 5.41) is 37.4. The number of oxime groups is 1. The smallest absolute Gasteiger partial charge is 0.224 e. The van der Waals surface area contributed by atoms with Crippen molar-refractivity contribution in [3.63, 3.8) is 0 Å². The predicted molar refractivity (Wildman–Crippen MR) is 141 cm³/mol. The molecule has 0 aliphatic carbocycles. The van der Waals surface area contributed by atoms with Crippen LogP contribution in [0.1, 0.15) is 46.6 Å². The van der Waals surface area contributed by atoms with E-state index in [4.69, 9.17) is 9.57 Å². The number of nitrogens with zero attached hydrogens (tertiary/aromatic N) is 1. The molecule has 10 nitrogen and oxygen atoms in total. The van der Waals surface area contributed by atoms with Gasteiger partial charge >= 0.3 is 0 Å². The maximum absolute atomic E-state index is 13.0. The van der Waals surface area contributed by atoms with Crippen LogP contribution in [0, 0.1) is 11.3 Å². The van der Waals surface area contributed by atoms with E-state index in [1.807, 2.05) is 51.2 Å². The number of nitrogens with one attached hydrogen (secondary N) is 2. The Morgan fingerprint density at radius 2 is 1.84 bits per heavy atom. The maximum Gasteiger partial charge on any atom is 0.224 e. The fourth-order valence-corrected chi connectivity index (χ4v) is 4.16. The molecule has 0 aliphatic heterocycles. The van der Waals surface area contributed by atoms with Crippen molar-refractivity contribution in [2.45, 2.75) is 71.8 Å². The Morgan fingerprint density at radius 1 is 1.16 bits per heavy atom. The van der Waals surface area contributed by atoms with Gasteiger partial charge in [0.15, 0.2) is 12.4 Å². The number of aliphatic hydroxyl groups is 3. The molecule has 206 valence electrons. The van der Waals surface area contributed by atoms with Crippen molar-refractivity contribution >= 4 is 28.3 Å². The third-order valence-electron chi connectivity index (χ3n) is 6.09. The second kappa shape index (κ2) is 13.7. The average molecular weight is 520 g/mol. The van der Waals surface area contributed by atoms with Crippen LogP contribution in [-0.2, 0) is 25.6 Å². The van der Waals surface area contributed by atoms with E-state index in [0.717, 1.165) is 16.5 Å². The monoisotopic (exact) mass is 519 g/mol. The lowest BCUT2D eigenvalue weighted by atomic mass is 9.83. The maximum atomic E-state index is 13.0. The molecular formula is C27H41N3O7. The fraction of sp³-hybridized carbons (Fsp3) is 0.593. The number of hydrogen-bond acceptors (Lipinski definition) is 8. The number of aromatic nitrogens is 1. The van der Waals surface area contributed by atoms with Crippen molar-refractivity contribution in [2.24, 2.45) is 16.5 Å². The van der Waals surface area contributed by atoms with E-state index in [0.29, 0.717) is 6.42 Å². The number of aromatic amines is 1. The largest absolute Gasteiger partial charge is 0.394 e. The minimum atomic E-state index is -1.35. The summed E-state index contributed by atoms with van der Waals surface area (Å²) < 4.78 is 5.50. The molecule has 37 heavy (non-hydrogen) atoms. The van der Waals surface area contributed by atoms with Gasteiger partial charge in [0.05, 0.1) is 12.7 Å². The van der Waals surface area contributed by atoms with Gasteiger partial charge in [-0.15, -0.1) is 0 Å². The zero-order valence-corrected chi connectivity index (χ0v) is 22.5. The number of hydrogen-bond donors (Lipinski definition) is 5. The third-order valence-corrected chi connectivity index (χ3v) is 6.09. The highest BCUT2D eigenvalue weighted by atomic mass is 16.6. The summed E-state index contributed by atoms with van der Waals surface area (Å²) in [7, 11) is 1.46. The molecular weight excluding hydrogens is 478 g/mol. The average Bonchev–Trinajstić information content (AvgIpc) is 3.24. The molecule has 0 bridgehead atoms. The Balaban J connectivity index is 2.18. The van der Waals surface area contributed by atoms with E-state index in [9.17, 15) is 24.9 Å². The molecule has 5 N–H and O–H groups in total. The molecule has 0 radical (unpaired) electrons. The molecule has 0 spiro atoms. The van der Waals surface area contributed by atoms with Gasteiger partial charge in [0.25, 0.3) is 0 Å². The fourth-order valence-electron chi connectivity index (χ4n) is 4.16. The SMILES string of the molecule is CO[C@H](/C(=N/OCC(=O)C[C@@H](Cc1c[nH]c2ccccc12)C(=O)NC(C)CO)[C@@H](O)[C@@H](C)O)C(C)(C)C. The lowest BCUT2D eigenvalue weighted by molar-refractivity contribution is -0.131. The summed E-state index contributed by atoms with van der Waals surface area (Å²) >= 11 is 0. The zero-order valence-electron chi connectivity index (χ0n) is 22.5. The van der Waals surface area contributed by atoms with Crippen LogP contribution in [0.5, 0.6) is 0 Å². The Bertz CT molecular complexity index is 1060. The lowest BCUT2D eigenvalue weighted by Gasteiger charge is -2.32. The zero-order chi connectivity index (χ0) is 27.8. The highest BCUT2D eigenvalue weighted by Gasteiger charge is 2.36. The number of rotatable bonds is 14. The first-order chi connectivity index (χ1) is 17.4. The van der Waals surface area contributed by atoms with Gasteiger partial charge in [-0.25, -0.2) is 0 Å². The Labute approximate surface area is 218 Å². The van der Waals surface area contributed by atoms with Gasteiger partial charge in [0, 0.05) is 42.6 Å². The van der Waals surface area contributed by atoms with Crippen LogP contribution in [0.2, 0.25) is 0 Å². The van der Waals surface area contributed by atoms with Gasteiger partial charge < -0.3 is 35.2 Å². The molecule has 0 saturated heterocycles. The topological polar surface area (TPSA) is 153 Å². The summed E-state index contributed by atoms with van der Waals surface area (Å²) in [6, 6.07) is 7.24. The number of aliphatic hydroxyl groups excluding tert-OH is 3. The molecule has 2 aromatic rings. The van der Waals surface area contributed by atoms with E-state index in [-0.39, 0.29) is 30.4 Å². The lowest BCUT2D eigenvalue weighted by Crippen LogP contribution is -2.46. The third kappa shape index (κ3) is 8.63. The summed E-state index contributed by atoms with van der Waals surface area (Å²) in [5.41, 5.74) is 1.43. The molecule has 1 aromatic carbocycles. The second-order valence-electron chi connectivity index (χ2n) is 10.6. The minimum Gasteiger partial charge on any atom is -0.394 e. The van der Waals surface area contributed by atoms with Gasteiger partial charge in [0.2, 0.25) is 5.91 Å². The van der Waals surface area contributed by atoms with Crippen LogP contribution in [-0.4, -0.2) is 82.4 Å². The van der Waals surface area contributed by atoms with E-state index in [1.54, 1.807) is 6.92 Å². The van der Waals surface area contributed by atoms with E-state index < -0.39 is 42.3 Å². The van der Waals surface area contributed by atoms with Gasteiger partial charge in [-0.2, -0.15) is 0 Å². The van der Waals surface area contributed by atoms with Gasteiger partial charge in [0.1, 0.15) is 17.9 Å². The first-order valence-electron chi connectivity index (χ1n) is 12.5. The molecule has 1 heterocycles. The standard InChI is InChI=1S/C27H41N3O7/c1-16(14-31)29-26(35)18(11-19-13-28-22-10-8-7-9-21(19)22)12-20(33)15-37-30-23(24(34)17(2)32)25(36-6)27(3,4)5/h7-10,13,16-18,24-25,28,31-32,34H,11-12,14-15H2,1-6H3,(H,29,35)/b30-23+/t16?,17-,18-,24+,25-/m1/s1. The van der Waals surface area contributed by atoms with E-state index in [1.165, 1.54) is 14.0 Å². The predicted octanol–water partition coefficient (Wildman–Crippen LogP) is 1.96. The van der Waals surface area contributed by atoms with Gasteiger partial charge in [-0.3, -0.25) is 9.59 Å². The van der Waals surface area contributed by atoms with Crippen LogP contribution in [0.3, 0.4) is 0 Å². The number of Topliss-reactive ketones (excluding diaryl/α,β-unsaturated/α-hetero) is 1. The number of carbonyl (C=O) groups excluding carboxylic acids is 2. The molecule has 1 amide bonds. The number of ether oxygens (including phenoxy) is 1. The Kier molecular flexibility index (Phi) is 11.2. The Hall–Kier alpha value is -2.79.